The fraction of sp³-hybridized carbons (Fsp3) is 0.500. The van der Waals surface area contributed by atoms with Gasteiger partial charge >= 0.3 is 0 Å². The number of aromatic nitrogens is 2. The first-order valence-corrected chi connectivity index (χ1v) is 5.51. The van der Waals surface area contributed by atoms with Gasteiger partial charge in [-0.3, -0.25) is 4.79 Å². The highest BCUT2D eigenvalue weighted by Gasteiger charge is 2.26. The molecular formula is C10H13ClN4O. The van der Waals surface area contributed by atoms with E-state index in [1.54, 1.807) is 13.0 Å². The van der Waals surface area contributed by atoms with Crippen LogP contribution in [-0.2, 0) is 4.79 Å². The fourth-order valence-corrected chi connectivity index (χ4v) is 1.98. The Kier molecular flexibility index (Phi) is 2.96. The van der Waals surface area contributed by atoms with Crippen molar-refractivity contribution in [3.63, 3.8) is 0 Å². The lowest BCUT2D eigenvalue weighted by Gasteiger charge is -2.33. The fourth-order valence-electron chi connectivity index (χ4n) is 1.76. The number of hydrogen-bond acceptors (Lipinski definition) is 4. The third kappa shape index (κ3) is 2.09. The molecule has 2 rings (SSSR count). The number of aryl methyl sites for hydroxylation is 1. The van der Waals surface area contributed by atoms with E-state index in [0.29, 0.717) is 23.3 Å². The van der Waals surface area contributed by atoms with Crippen LogP contribution in [0.1, 0.15) is 12.7 Å². The molecule has 1 fully saturated rings. The summed E-state index contributed by atoms with van der Waals surface area (Å²) in [6.45, 7) is 4.99. The van der Waals surface area contributed by atoms with E-state index in [9.17, 15) is 4.79 Å². The first-order valence-electron chi connectivity index (χ1n) is 5.13. The minimum Gasteiger partial charge on any atom is -0.353 e. The van der Waals surface area contributed by atoms with Crippen molar-refractivity contribution in [2.24, 2.45) is 0 Å². The lowest BCUT2D eigenvalue weighted by Crippen LogP contribution is -2.54. The van der Waals surface area contributed by atoms with Crippen molar-refractivity contribution in [1.82, 2.24) is 15.3 Å². The van der Waals surface area contributed by atoms with Gasteiger partial charge in [0.1, 0.15) is 22.8 Å². The Morgan fingerprint density at radius 1 is 1.56 bits per heavy atom. The van der Waals surface area contributed by atoms with Crippen LogP contribution in [0.4, 0.5) is 5.82 Å². The average molecular weight is 241 g/mol. The van der Waals surface area contributed by atoms with Crippen molar-refractivity contribution in [1.29, 1.82) is 0 Å². The van der Waals surface area contributed by atoms with Crippen LogP contribution >= 0.6 is 11.6 Å². The molecule has 0 bridgehead atoms. The highest BCUT2D eigenvalue weighted by atomic mass is 35.5. The number of halogens is 1. The van der Waals surface area contributed by atoms with Crippen LogP contribution < -0.4 is 10.2 Å². The Balaban J connectivity index is 2.32. The minimum atomic E-state index is -0.223. The van der Waals surface area contributed by atoms with Crippen molar-refractivity contribution in [3.8, 4) is 0 Å². The summed E-state index contributed by atoms with van der Waals surface area (Å²) < 4.78 is 0. The monoisotopic (exact) mass is 240 g/mol. The van der Waals surface area contributed by atoms with Gasteiger partial charge in [0.15, 0.2) is 0 Å². The number of hydrogen-bond donors (Lipinski definition) is 1. The lowest BCUT2D eigenvalue weighted by molar-refractivity contribution is -0.122. The van der Waals surface area contributed by atoms with Gasteiger partial charge in [-0.1, -0.05) is 11.6 Å². The summed E-state index contributed by atoms with van der Waals surface area (Å²) in [5.74, 6) is 1.33. The van der Waals surface area contributed by atoms with Crippen molar-refractivity contribution < 1.29 is 4.79 Å². The first kappa shape index (κ1) is 11.1. The molecule has 1 saturated heterocycles. The Morgan fingerprint density at radius 3 is 3.00 bits per heavy atom. The summed E-state index contributed by atoms with van der Waals surface area (Å²) >= 11 is 5.88. The molecule has 16 heavy (non-hydrogen) atoms. The van der Waals surface area contributed by atoms with Gasteiger partial charge in [-0.25, -0.2) is 9.97 Å². The molecule has 0 saturated carbocycles. The standard InChI is InChI=1S/C10H13ClN4O/c1-6-10(16)12-3-4-15(6)9-5-8(11)13-7(2)14-9/h5-6H,3-4H2,1-2H3,(H,12,16). The van der Waals surface area contributed by atoms with Gasteiger partial charge in [-0.15, -0.1) is 0 Å². The van der Waals surface area contributed by atoms with Gasteiger partial charge in [-0.2, -0.15) is 0 Å². The van der Waals surface area contributed by atoms with Crippen LogP contribution in [0.25, 0.3) is 0 Å². The summed E-state index contributed by atoms with van der Waals surface area (Å²) in [5.41, 5.74) is 0. The number of piperazine rings is 1. The molecule has 1 N–H and O–H groups in total. The molecule has 2 heterocycles. The second-order valence-corrected chi connectivity index (χ2v) is 4.14. The molecule has 1 aliphatic heterocycles. The Hall–Kier alpha value is -1.36. The van der Waals surface area contributed by atoms with Crippen LogP contribution in [0.5, 0.6) is 0 Å². The van der Waals surface area contributed by atoms with Crippen LogP contribution in [-0.4, -0.2) is 35.0 Å². The van der Waals surface area contributed by atoms with Gasteiger partial charge in [0.25, 0.3) is 0 Å². The minimum absolute atomic E-state index is 0.0126. The second-order valence-electron chi connectivity index (χ2n) is 3.76. The molecular weight excluding hydrogens is 228 g/mol. The number of amides is 1. The third-order valence-corrected chi connectivity index (χ3v) is 2.78. The number of carbonyl (C=O) groups excluding carboxylic acids is 1. The second kappa shape index (κ2) is 4.25. The largest absolute Gasteiger partial charge is 0.353 e. The zero-order chi connectivity index (χ0) is 11.7. The third-order valence-electron chi connectivity index (χ3n) is 2.59. The predicted molar refractivity (Wildman–Crippen MR) is 61.6 cm³/mol. The van der Waals surface area contributed by atoms with Crippen molar-refractivity contribution >= 4 is 23.3 Å². The van der Waals surface area contributed by atoms with Crippen molar-refractivity contribution in [2.45, 2.75) is 19.9 Å². The maximum Gasteiger partial charge on any atom is 0.242 e. The molecule has 5 nitrogen and oxygen atoms in total. The first-order chi connectivity index (χ1) is 7.58. The van der Waals surface area contributed by atoms with Gasteiger partial charge in [-0.05, 0) is 13.8 Å². The van der Waals surface area contributed by atoms with E-state index in [2.05, 4.69) is 15.3 Å². The zero-order valence-electron chi connectivity index (χ0n) is 9.20. The quantitative estimate of drug-likeness (QED) is 0.737. The summed E-state index contributed by atoms with van der Waals surface area (Å²) in [7, 11) is 0. The molecule has 1 unspecified atom stereocenters. The van der Waals surface area contributed by atoms with Gasteiger partial charge < -0.3 is 10.2 Å². The molecule has 1 atom stereocenters. The highest BCUT2D eigenvalue weighted by molar-refractivity contribution is 6.29. The Labute approximate surface area is 98.8 Å². The Bertz CT molecular complexity index is 403. The number of nitrogens with zero attached hydrogens (tertiary/aromatic N) is 3. The van der Waals surface area contributed by atoms with E-state index >= 15 is 0 Å². The van der Waals surface area contributed by atoms with E-state index in [1.807, 2.05) is 11.8 Å². The average Bonchev–Trinajstić information content (AvgIpc) is 2.20. The van der Waals surface area contributed by atoms with Crippen LogP contribution in [0.15, 0.2) is 6.07 Å². The molecule has 1 aromatic rings. The SMILES string of the molecule is Cc1nc(Cl)cc(N2CCNC(=O)C2C)n1. The van der Waals surface area contributed by atoms with Crippen LogP contribution in [0, 0.1) is 6.92 Å². The van der Waals surface area contributed by atoms with E-state index < -0.39 is 0 Å². The van der Waals surface area contributed by atoms with Crippen molar-refractivity contribution in [2.75, 3.05) is 18.0 Å². The van der Waals surface area contributed by atoms with Gasteiger partial charge in [0.2, 0.25) is 5.91 Å². The van der Waals surface area contributed by atoms with E-state index in [1.165, 1.54) is 0 Å². The summed E-state index contributed by atoms with van der Waals surface area (Å²) in [6.07, 6.45) is 0. The van der Waals surface area contributed by atoms with E-state index in [4.69, 9.17) is 11.6 Å². The summed E-state index contributed by atoms with van der Waals surface area (Å²) in [6, 6.07) is 1.46. The molecule has 0 aliphatic carbocycles. The maximum absolute atomic E-state index is 11.5. The summed E-state index contributed by atoms with van der Waals surface area (Å²) in [5, 5.41) is 3.21. The number of rotatable bonds is 1. The maximum atomic E-state index is 11.5. The highest BCUT2D eigenvalue weighted by Crippen LogP contribution is 2.19. The van der Waals surface area contributed by atoms with Gasteiger partial charge in [0, 0.05) is 19.2 Å². The predicted octanol–water partition coefficient (Wildman–Crippen LogP) is 0.763. The van der Waals surface area contributed by atoms with Crippen LogP contribution in [0.2, 0.25) is 5.15 Å². The molecule has 0 spiro atoms. The lowest BCUT2D eigenvalue weighted by atomic mass is 10.2. The Morgan fingerprint density at radius 2 is 2.31 bits per heavy atom. The van der Waals surface area contributed by atoms with Crippen molar-refractivity contribution in [3.05, 3.63) is 17.0 Å². The molecule has 86 valence electrons. The molecule has 6 heteroatoms. The normalized spacial score (nSPS) is 20.8. The molecule has 0 radical (unpaired) electrons. The van der Waals surface area contributed by atoms with E-state index in [-0.39, 0.29) is 11.9 Å². The summed E-state index contributed by atoms with van der Waals surface area (Å²) in [4.78, 5) is 21.7. The number of anilines is 1. The topological polar surface area (TPSA) is 58.1 Å². The number of nitrogens with one attached hydrogen (secondary N) is 1. The number of carbonyl (C=O) groups is 1. The van der Waals surface area contributed by atoms with Crippen LogP contribution in [0.3, 0.4) is 0 Å². The molecule has 1 aromatic heterocycles. The zero-order valence-corrected chi connectivity index (χ0v) is 9.95. The molecule has 1 aliphatic rings. The van der Waals surface area contributed by atoms with Gasteiger partial charge in [0.05, 0.1) is 0 Å². The molecule has 1 amide bonds. The molecule has 0 aromatic carbocycles. The van der Waals surface area contributed by atoms with E-state index in [0.717, 1.165) is 6.54 Å². The smallest absolute Gasteiger partial charge is 0.242 e.